The number of hydrogen-bond acceptors (Lipinski definition) is 3. The number of nitrogens with one attached hydrogen (secondary N) is 1. The molecular weight excluding hydrogens is 395 g/mol. The molecule has 1 amide bonds. The fraction of sp³-hybridized carbons (Fsp3) is 0.182. The Balaban J connectivity index is 1.47. The lowest BCUT2D eigenvalue weighted by molar-refractivity contribution is -0.141. The number of phenolic OH excluding ortho intramolecular Hbond substituents is 1. The molecule has 1 fully saturated rings. The Morgan fingerprint density at radius 1 is 1.10 bits per heavy atom. The lowest BCUT2D eigenvalue weighted by Crippen LogP contribution is -2.09. The van der Waals surface area contributed by atoms with E-state index >= 15 is 0 Å². The van der Waals surface area contributed by atoms with Gasteiger partial charge in [0.15, 0.2) is 5.69 Å². The van der Waals surface area contributed by atoms with Crippen molar-refractivity contribution in [2.24, 2.45) is 0 Å². The van der Waals surface area contributed by atoms with Crippen LogP contribution < -0.4 is 5.32 Å². The molecule has 3 aromatic rings. The monoisotopic (exact) mass is 413 g/mol. The molecule has 5 nitrogen and oxygen atoms in total. The first-order valence-electron chi connectivity index (χ1n) is 9.35. The summed E-state index contributed by atoms with van der Waals surface area (Å²) in [5.41, 5.74) is 1.42. The number of carbonyl (C=O) groups excluding carboxylic acids is 1. The minimum Gasteiger partial charge on any atom is -0.508 e. The molecule has 0 unspecified atom stereocenters. The number of rotatable bonds is 5. The highest BCUT2D eigenvalue weighted by molar-refractivity contribution is 6.01. The van der Waals surface area contributed by atoms with Crippen molar-refractivity contribution in [2.75, 3.05) is 5.32 Å². The number of phenols is 1. The lowest BCUT2D eigenvalue weighted by Gasteiger charge is -2.08. The highest BCUT2D eigenvalue weighted by Crippen LogP contribution is 2.43. The van der Waals surface area contributed by atoms with Crippen molar-refractivity contribution in [3.8, 4) is 11.4 Å². The zero-order valence-electron chi connectivity index (χ0n) is 15.7. The third-order valence-electron chi connectivity index (χ3n) is 4.72. The van der Waals surface area contributed by atoms with Crippen LogP contribution in [0, 0.1) is 0 Å². The van der Waals surface area contributed by atoms with Gasteiger partial charge in [0.25, 0.3) is 0 Å². The molecular formula is C22H18F3N3O2. The number of anilines is 1. The number of aromatic nitrogens is 2. The van der Waals surface area contributed by atoms with Crippen LogP contribution >= 0.6 is 0 Å². The fourth-order valence-corrected chi connectivity index (χ4v) is 3.04. The molecule has 1 aliphatic rings. The number of nitrogens with zero attached hydrogens (tertiary/aromatic N) is 2. The standard InChI is InChI=1S/C22H18F3N3O2/c23-22(24,25)20-13-19(15-4-5-15)28(27-20)17-8-6-16(7-9-17)26-21(30)12-3-14-1-10-18(29)11-2-14/h1-3,6-13,15,29H,4-5H2,(H,26,30)/b12-3+. The van der Waals surface area contributed by atoms with Crippen molar-refractivity contribution in [2.45, 2.75) is 24.9 Å². The van der Waals surface area contributed by atoms with E-state index < -0.39 is 11.9 Å². The number of aromatic hydroxyl groups is 1. The van der Waals surface area contributed by atoms with Crippen LogP contribution in [0.15, 0.2) is 60.7 Å². The van der Waals surface area contributed by atoms with Gasteiger partial charge >= 0.3 is 6.18 Å². The topological polar surface area (TPSA) is 67.2 Å². The molecule has 2 aromatic carbocycles. The largest absolute Gasteiger partial charge is 0.508 e. The molecule has 0 atom stereocenters. The summed E-state index contributed by atoms with van der Waals surface area (Å²) >= 11 is 0. The van der Waals surface area contributed by atoms with Gasteiger partial charge < -0.3 is 10.4 Å². The van der Waals surface area contributed by atoms with Gasteiger partial charge in [0, 0.05) is 23.4 Å². The van der Waals surface area contributed by atoms with Crippen LogP contribution in [0.1, 0.15) is 35.7 Å². The van der Waals surface area contributed by atoms with E-state index in [1.807, 2.05) is 0 Å². The first-order chi connectivity index (χ1) is 14.3. The maximum atomic E-state index is 13.1. The van der Waals surface area contributed by atoms with E-state index in [2.05, 4.69) is 10.4 Å². The number of hydrogen-bond donors (Lipinski definition) is 2. The first-order valence-corrected chi connectivity index (χ1v) is 9.35. The highest BCUT2D eigenvalue weighted by atomic mass is 19.4. The van der Waals surface area contributed by atoms with E-state index in [1.54, 1.807) is 42.5 Å². The summed E-state index contributed by atoms with van der Waals surface area (Å²) in [6.07, 6.45) is 0.170. The maximum absolute atomic E-state index is 13.1. The molecule has 1 aliphatic carbocycles. The number of halogens is 3. The first kappa shape index (κ1) is 19.8. The summed E-state index contributed by atoms with van der Waals surface area (Å²) in [6, 6.07) is 14.0. The average Bonchev–Trinajstić information content (AvgIpc) is 3.45. The van der Waals surface area contributed by atoms with Gasteiger partial charge in [-0.25, -0.2) is 4.68 Å². The normalized spacial score (nSPS) is 14.2. The molecule has 0 aliphatic heterocycles. The van der Waals surface area contributed by atoms with Crippen LogP contribution in [0.4, 0.5) is 18.9 Å². The number of amides is 1. The van der Waals surface area contributed by atoms with Crippen LogP contribution in [0.5, 0.6) is 5.75 Å². The van der Waals surface area contributed by atoms with Crippen LogP contribution in [-0.2, 0) is 11.0 Å². The summed E-state index contributed by atoms with van der Waals surface area (Å²) in [4.78, 5) is 12.1. The van der Waals surface area contributed by atoms with Crippen molar-refractivity contribution >= 4 is 17.7 Å². The van der Waals surface area contributed by atoms with Crippen molar-refractivity contribution in [1.82, 2.24) is 9.78 Å². The molecule has 2 N–H and O–H groups in total. The van der Waals surface area contributed by atoms with Crippen LogP contribution in [0.3, 0.4) is 0 Å². The van der Waals surface area contributed by atoms with Gasteiger partial charge in [-0.05, 0) is 66.9 Å². The summed E-state index contributed by atoms with van der Waals surface area (Å²) in [5, 5.41) is 15.7. The van der Waals surface area contributed by atoms with Crippen molar-refractivity contribution in [1.29, 1.82) is 0 Å². The Morgan fingerprint density at radius 3 is 2.37 bits per heavy atom. The zero-order valence-corrected chi connectivity index (χ0v) is 15.7. The lowest BCUT2D eigenvalue weighted by atomic mass is 10.2. The molecule has 1 saturated carbocycles. The Kier molecular flexibility index (Phi) is 5.07. The fourth-order valence-electron chi connectivity index (χ4n) is 3.04. The molecule has 0 saturated heterocycles. The van der Waals surface area contributed by atoms with E-state index in [4.69, 9.17) is 0 Å². The Hall–Kier alpha value is -3.55. The number of carbonyl (C=O) groups is 1. The molecule has 0 bridgehead atoms. The number of alkyl halides is 3. The smallest absolute Gasteiger partial charge is 0.435 e. The van der Waals surface area contributed by atoms with E-state index in [1.165, 1.54) is 22.9 Å². The van der Waals surface area contributed by atoms with Gasteiger partial charge in [-0.2, -0.15) is 18.3 Å². The molecule has 4 rings (SSSR count). The predicted octanol–water partition coefficient (Wildman–Crippen LogP) is 5.13. The third-order valence-corrected chi connectivity index (χ3v) is 4.72. The van der Waals surface area contributed by atoms with Gasteiger partial charge in [0.05, 0.1) is 5.69 Å². The Labute approximate surface area is 170 Å². The summed E-state index contributed by atoms with van der Waals surface area (Å²) in [6.45, 7) is 0. The molecule has 8 heteroatoms. The van der Waals surface area contributed by atoms with Crippen molar-refractivity contribution in [3.05, 3.63) is 77.6 Å². The van der Waals surface area contributed by atoms with E-state index in [9.17, 15) is 23.1 Å². The highest BCUT2D eigenvalue weighted by Gasteiger charge is 2.38. The average molecular weight is 413 g/mol. The summed E-state index contributed by atoms with van der Waals surface area (Å²) in [5.74, 6) is -0.118. The van der Waals surface area contributed by atoms with Crippen molar-refractivity contribution < 1.29 is 23.1 Å². The quantitative estimate of drug-likeness (QED) is 0.570. The second-order valence-electron chi connectivity index (χ2n) is 7.10. The number of benzene rings is 2. The minimum absolute atomic E-state index is 0.0954. The molecule has 154 valence electrons. The minimum atomic E-state index is -4.49. The van der Waals surface area contributed by atoms with E-state index in [0.29, 0.717) is 17.1 Å². The van der Waals surface area contributed by atoms with Crippen LogP contribution in [-0.4, -0.2) is 20.8 Å². The van der Waals surface area contributed by atoms with Gasteiger partial charge in [0.1, 0.15) is 5.75 Å². The van der Waals surface area contributed by atoms with E-state index in [0.717, 1.165) is 24.5 Å². The Bertz CT molecular complexity index is 1080. The SMILES string of the molecule is O=C(/C=C/c1ccc(O)cc1)Nc1ccc(-n2nc(C(F)(F)F)cc2C2CC2)cc1. The molecule has 1 heterocycles. The zero-order chi connectivity index (χ0) is 21.3. The Morgan fingerprint density at radius 2 is 1.77 bits per heavy atom. The van der Waals surface area contributed by atoms with E-state index in [-0.39, 0.29) is 17.6 Å². The molecule has 0 spiro atoms. The second-order valence-corrected chi connectivity index (χ2v) is 7.10. The molecule has 1 aromatic heterocycles. The van der Waals surface area contributed by atoms with Gasteiger partial charge in [-0.1, -0.05) is 12.1 Å². The van der Waals surface area contributed by atoms with Crippen molar-refractivity contribution in [3.63, 3.8) is 0 Å². The van der Waals surface area contributed by atoms with Gasteiger partial charge in [0.2, 0.25) is 5.91 Å². The second kappa shape index (κ2) is 7.70. The summed E-state index contributed by atoms with van der Waals surface area (Å²) in [7, 11) is 0. The predicted molar refractivity (Wildman–Crippen MR) is 106 cm³/mol. The molecule has 30 heavy (non-hydrogen) atoms. The van der Waals surface area contributed by atoms with Crippen LogP contribution in [0.2, 0.25) is 0 Å². The maximum Gasteiger partial charge on any atom is 0.435 e. The van der Waals surface area contributed by atoms with Gasteiger partial charge in [-0.3, -0.25) is 4.79 Å². The third kappa shape index (κ3) is 4.53. The summed E-state index contributed by atoms with van der Waals surface area (Å²) < 4.78 is 40.5. The van der Waals surface area contributed by atoms with Gasteiger partial charge in [-0.15, -0.1) is 0 Å². The van der Waals surface area contributed by atoms with Crippen LogP contribution in [0.25, 0.3) is 11.8 Å². The molecule has 0 radical (unpaired) electrons.